The third-order valence-corrected chi connectivity index (χ3v) is 3.21. The molecule has 1 saturated heterocycles. The first kappa shape index (κ1) is 11.9. The van der Waals surface area contributed by atoms with Gasteiger partial charge < -0.3 is 15.3 Å². The van der Waals surface area contributed by atoms with Crippen LogP contribution in [0.25, 0.3) is 0 Å². The summed E-state index contributed by atoms with van der Waals surface area (Å²) in [5.41, 5.74) is 0.320. The molecule has 5 nitrogen and oxygen atoms in total. The molecule has 1 aliphatic rings. The number of carbonyl (C=O) groups excluding carboxylic acids is 1. The number of pyridine rings is 1. The van der Waals surface area contributed by atoms with Gasteiger partial charge in [0, 0.05) is 19.3 Å². The van der Waals surface area contributed by atoms with Crippen LogP contribution >= 0.6 is 0 Å². The van der Waals surface area contributed by atoms with Crippen molar-refractivity contribution in [3.8, 4) is 5.75 Å². The monoisotopic (exact) mass is 235 g/mol. The van der Waals surface area contributed by atoms with E-state index in [4.69, 9.17) is 0 Å². The van der Waals surface area contributed by atoms with E-state index in [1.54, 1.807) is 18.0 Å². The molecular weight excluding hydrogens is 218 g/mol. The molecule has 0 spiro atoms. The van der Waals surface area contributed by atoms with E-state index in [0.29, 0.717) is 5.56 Å². The zero-order chi connectivity index (χ0) is 12.3. The summed E-state index contributed by atoms with van der Waals surface area (Å²) in [6.45, 7) is 1.87. The van der Waals surface area contributed by atoms with Crippen LogP contribution in [-0.2, 0) is 0 Å². The molecule has 0 atom stereocenters. The maximum Gasteiger partial charge on any atom is 0.257 e. The van der Waals surface area contributed by atoms with Crippen LogP contribution in [0.5, 0.6) is 5.75 Å². The fourth-order valence-electron chi connectivity index (χ4n) is 2.12. The molecule has 0 aromatic carbocycles. The van der Waals surface area contributed by atoms with E-state index < -0.39 is 0 Å². The van der Waals surface area contributed by atoms with Gasteiger partial charge in [0.05, 0.1) is 11.8 Å². The van der Waals surface area contributed by atoms with Crippen LogP contribution < -0.4 is 5.32 Å². The Kier molecular flexibility index (Phi) is 3.58. The SMILES string of the molecule is CN(C(=O)c1ccncc1O)C1CCNCC1. The smallest absolute Gasteiger partial charge is 0.257 e. The number of rotatable bonds is 2. The van der Waals surface area contributed by atoms with Gasteiger partial charge in [-0.2, -0.15) is 0 Å². The summed E-state index contributed by atoms with van der Waals surface area (Å²) in [7, 11) is 1.79. The van der Waals surface area contributed by atoms with Gasteiger partial charge in [0.15, 0.2) is 0 Å². The fourth-order valence-corrected chi connectivity index (χ4v) is 2.12. The highest BCUT2D eigenvalue weighted by atomic mass is 16.3. The van der Waals surface area contributed by atoms with Crippen LogP contribution in [0.3, 0.4) is 0 Å². The Morgan fingerprint density at radius 3 is 2.88 bits per heavy atom. The zero-order valence-electron chi connectivity index (χ0n) is 9.89. The first-order chi connectivity index (χ1) is 8.20. The Morgan fingerprint density at radius 2 is 2.24 bits per heavy atom. The number of carbonyl (C=O) groups is 1. The predicted octanol–water partition coefficient (Wildman–Crippen LogP) is 0.611. The van der Waals surface area contributed by atoms with Gasteiger partial charge in [-0.1, -0.05) is 0 Å². The van der Waals surface area contributed by atoms with Crippen LogP contribution in [-0.4, -0.2) is 47.1 Å². The Bertz CT molecular complexity index is 402. The molecule has 5 heteroatoms. The Hall–Kier alpha value is -1.62. The van der Waals surface area contributed by atoms with E-state index in [2.05, 4.69) is 10.3 Å². The Balaban J connectivity index is 2.11. The van der Waals surface area contributed by atoms with Crippen molar-refractivity contribution < 1.29 is 9.90 Å². The van der Waals surface area contributed by atoms with Crippen molar-refractivity contribution in [2.75, 3.05) is 20.1 Å². The molecule has 0 unspecified atom stereocenters. The first-order valence-electron chi connectivity index (χ1n) is 5.81. The molecule has 1 aromatic heterocycles. The summed E-state index contributed by atoms with van der Waals surface area (Å²) in [6.07, 6.45) is 4.72. The second kappa shape index (κ2) is 5.14. The highest BCUT2D eigenvalue weighted by molar-refractivity contribution is 5.96. The van der Waals surface area contributed by atoms with Crippen LogP contribution in [0.2, 0.25) is 0 Å². The standard InChI is InChI=1S/C12H17N3O2/c1-15(9-2-5-13-6-3-9)12(17)10-4-7-14-8-11(10)16/h4,7-9,13,16H,2-3,5-6H2,1H3. The minimum absolute atomic E-state index is 0.0571. The third-order valence-electron chi connectivity index (χ3n) is 3.21. The van der Waals surface area contributed by atoms with Crippen molar-refractivity contribution in [1.82, 2.24) is 15.2 Å². The summed E-state index contributed by atoms with van der Waals surface area (Å²) < 4.78 is 0. The second-order valence-electron chi connectivity index (χ2n) is 4.29. The predicted molar refractivity (Wildman–Crippen MR) is 63.9 cm³/mol. The van der Waals surface area contributed by atoms with Gasteiger partial charge in [0.1, 0.15) is 5.75 Å². The van der Waals surface area contributed by atoms with Crippen LogP contribution in [0.15, 0.2) is 18.5 Å². The number of piperidine rings is 1. The fraction of sp³-hybridized carbons (Fsp3) is 0.500. The van der Waals surface area contributed by atoms with Crippen molar-refractivity contribution in [1.29, 1.82) is 0 Å². The summed E-state index contributed by atoms with van der Waals surface area (Å²) in [6, 6.07) is 1.80. The second-order valence-corrected chi connectivity index (χ2v) is 4.29. The van der Waals surface area contributed by atoms with Crippen molar-refractivity contribution >= 4 is 5.91 Å². The lowest BCUT2D eigenvalue weighted by Crippen LogP contribution is -2.43. The molecule has 1 fully saturated rings. The van der Waals surface area contributed by atoms with Crippen molar-refractivity contribution in [2.24, 2.45) is 0 Å². The maximum absolute atomic E-state index is 12.2. The van der Waals surface area contributed by atoms with Gasteiger partial charge in [-0.15, -0.1) is 0 Å². The summed E-state index contributed by atoms with van der Waals surface area (Å²) >= 11 is 0. The van der Waals surface area contributed by atoms with Crippen molar-refractivity contribution in [3.63, 3.8) is 0 Å². The molecule has 2 rings (SSSR count). The van der Waals surface area contributed by atoms with Crippen LogP contribution in [0.4, 0.5) is 0 Å². The van der Waals surface area contributed by atoms with Gasteiger partial charge in [-0.05, 0) is 32.0 Å². The summed E-state index contributed by atoms with van der Waals surface area (Å²) in [5.74, 6) is -0.199. The Morgan fingerprint density at radius 1 is 1.53 bits per heavy atom. The van der Waals surface area contributed by atoms with Crippen LogP contribution in [0.1, 0.15) is 23.2 Å². The number of aromatic hydroxyl groups is 1. The quantitative estimate of drug-likeness (QED) is 0.788. The lowest BCUT2D eigenvalue weighted by atomic mass is 10.0. The molecule has 0 aliphatic carbocycles. The molecule has 0 bridgehead atoms. The van der Waals surface area contributed by atoms with Crippen molar-refractivity contribution in [2.45, 2.75) is 18.9 Å². The molecule has 2 N–H and O–H groups in total. The van der Waals surface area contributed by atoms with Gasteiger partial charge in [-0.25, -0.2) is 0 Å². The molecule has 1 aromatic rings. The number of hydrogen-bond acceptors (Lipinski definition) is 4. The highest BCUT2D eigenvalue weighted by Crippen LogP contribution is 2.19. The average Bonchev–Trinajstić information content (AvgIpc) is 2.39. The largest absolute Gasteiger partial charge is 0.505 e. The van der Waals surface area contributed by atoms with E-state index in [9.17, 15) is 9.90 Å². The highest BCUT2D eigenvalue weighted by Gasteiger charge is 2.24. The molecular formula is C12H17N3O2. The van der Waals surface area contributed by atoms with E-state index in [1.807, 2.05) is 0 Å². The van der Waals surface area contributed by atoms with Crippen LogP contribution in [0, 0.1) is 0 Å². The molecule has 0 saturated carbocycles. The number of nitrogens with zero attached hydrogens (tertiary/aromatic N) is 2. The van der Waals surface area contributed by atoms with Gasteiger partial charge in [-0.3, -0.25) is 9.78 Å². The molecule has 2 heterocycles. The molecule has 1 amide bonds. The van der Waals surface area contributed by atoms with Gasteiger partial charge in [0.25, 0.3) is 5.91 Å². The van der Waals surface area contributed by atoms with E-state index in [1.165, 1.54) is 12.4 Å². The number of aromatic nitrogens is 1. The van der Waals surface area contributed by atoms with Gasteiger partial charge in [0.2, 0.25) is 0 Å². The number of nitrogens with one attached hydrogen (secondary N) is 1. The van der Waals surface area contributed by atoms with Crippen molar-refractivity contribution in [3.05, 3.63) is 24.0 Å². The Labute approximate surface area is 100 Å². The lowest BCUT2D eigenvalue weighted by molar-refractivity contribution is 0.0700. The topological polar surface area (TPSA) is 65.5 Å². The molecule has 17 heavy (non-hydrogen) atoms. The minimum atomic E-state index is -0.142. The zero-order valence-corrected chi connectivity index (χ0v) is 9.89. The number of hydrogen-bond donors (Lipinski definition) is 2. The lowest BCUT2D eigenvalue weighted by Gasteiger charge is -2.31. The van der Waals surface area contributed by atoms with E-state index in [0.717, 1.165) is 25.9 Å². The molecule has 0 radical (unpaired) electrons. The van der Waals surface area contributed by atoms with E-state index in [-0.39, 0.29) is 17.7 Å². The van der Waals surface area contributed by atoms with E-state index >= 15 is 0 Å². The molecule has 1 aliphatic heterocycles. The normalized spacial score (nSPS) is 16.8. The summed E-state index contributed by atoms with van der Waals surface area (Å²) in [4.78, 5) is 17.7. The average molecular weight is 235 g/mol. The number of amides is 1. The first-order valence-corrected chi connectivity index (χ1v) is 5.81. The van der Waals surface area contributed by atoms with Gasteiger partial charge >= 0.3 is 0 Å². The maximum atomic E-state index is 12.2. The summed E-state index contributed by atoms with van der Waals surface area (Å²) in [5, 5.41) is 12.9. The third kappa shape index (κ3) is 2.55. The minimum Gasteiger partial charge on any atom is -0.505 e. The molecule has 92 valence electrons.